The minimum absolute atomic E-state index is 0.145. The SMILES string of the molecule is Nc1cccc(-c2nc3cc(N)ccc3c(=O)n2-c2ccccc2)c1. The lowest BCUT2D eigenvalue weighted by Gasteiger charge is -2.14. The van der Waals surface area contributed by atoms with E-state index in [4.69, 9.17) is 16.5 Å². The van der Waals surface area contributed by atoms with Crippen LogP contribution in [-0.2, 0) is 0 Å². The molecule has 0 bridgehead atoms. The maximum atomic E-state index is 13.2. The molecular formula is C20H16N4O. The zero-order chi connectivity index (χ0) is 17.4. The molecule has 0 atom stereocenters. The van der Waals surface area contributed by atoms with E-state index in [0.717, 1.165) is 11.3 Å². The van der Waals surface area contributed by atoms with Gasteiger partial charge in [-0.3, -0.25) is 9.36 Å². The predicted molar refractivity (Wildman–Crippen MR) is 102 cm³/mol. The van der Waals surface area contributed by atoms with Gasteiger partial charge in [0.25, 0.3) is 5.56 Å². The molecule has 0 amide bonds. The Morgan fingerprint density at radius 3 is 2.32 bits per heavy atom. The fraction of sp³-hybridized carbons (Fsp3) is 0. The van der Waals surface area contributed by atoms with Crippen molar-refractivity contribution in [1.82, 2.24) is 9.55 Å². The Labute approximate surface area is 144 Å². The van der Waals surface area contributed by atoms with Crippen molar-refractivity contribution in [2.45, 2.75) is 0 Å². The number of hydrogen-bond acceptors (Lipinski definition) is 4. The van der Waals surface area contributed by atoms with Crippen LogP contribution in [0.5, 0.6) is 0 Å². The average Bonchev–Trinajstić information content (AvgIpc) is 2.62. The van der Waals surface area contributed by atoms with Gasteiger partial charge in [0.2, 0.25) is 0 Å². The largest absolute Gasteiger partial charge is 0.399 e. The van der Waals surface area contributed by atoms with Crippen LogP contribution in [0.15, 0.2) is 77.6 Å². The standard InChI is InChI=1S/C20H16N4O/c21-14-6-4-5-13(11-14)19-23-18-12-15(22)9-10-17(18)20(25)24(19)16-7-2-1-3-8-16/h1-12H,21-22H2. The van der Waals surface area contributed by atoms with Crippen LogP contribution in [0.3, 0.4) is 0 Å². The number of hydrogen-bond donors (Lipinski definition) is 2. The van der Waals surface area contributed by atoms with Gasteiger partial charge in [0.1, 0.15) is 5.82 Å². The molecule has 0 aliphatic rings. The monoisotopic (exact) mass is 328 g/mol. The second-order valence-corrected chi connectivity index (χ2v) is 5.81. The van der Waals surface area contributed by atoms with Gasteiger partial charge >= 0.3 is 0 Å². The first-order valence-electron chi connectivity index (χ1n) is 7.87. The summed E-state index contributed by atoms with van der Waals surface area (Å²) in [5.74, 6) is 0.529. The van der Waals surface area contributed by atoms with E-state index in [1.807, 2.05) is 42.5 Å². The highest BCUT2D eigenvalue weighted by molar-refractivity contribution is 5.83. The molecule has 0 aliphatic heterocycles. The van der Waals surface area contributed by atoms with Crippen molar-refractivity contribution < 1.29 is 0 Å². The van der Waals surface area contributed by atoms with Crippen molar-refractivity contribution in [3.63, 3.8) is 0 Å². The van der Waals surface area contributed by atoms with Gasteiger partial charge in [-0.15, -0.1) is 0 Å². The third-order valence-corrected chi connectivity index (χ3v) is 4.05. The van der Waals surface area contributed by atoms with Crippen LogP contribution in [-0.4, -0.2) is 9.55 Å². The zero-order valence-corrected chi connectivity index (χ0v) is 13.4. The van der Waals surface area contributed by atoms with Gasteiger partial charge in [0.05, 0.1) is 16.6 Å². The van der Waals surface area contributed by atoms with Crippen LogP contribution < -0.4 is 17.0 Å². The molecule has 0 aliphatic carbocycles. The molecule has 1 aromatic heterocycles. The Hall–Kier alpha value is -3.60. The van der Waals surface area contributed by atoms with Gasteiger partial charge in [-0.25, -0.2) is 4.98 Å². The van der Waals surface area contributed by atoms with E-state index >= 15 is 0 Å². The summed E-state index contributed by atoms with van der Waals surface area (Å²) in [5, 5.41) is 0.519. The summed E-state index contributed by atoms with van der Waals surface area (Å²) in [6, 6.07) is 21.9. The molecule has 0 spiro atoms. The summed E-state index contributed by atoms with van der Waals surface area (Å²) >= 11 is 0. The lowest BCUT2D eigenvalue weighted by atomic mass is 10.1. The predicted octanol–water partition coefficient (Wildman–Crippen LogP) is 3.22. The Morgan fingerprint density at radius 1 is 0.800 bits per heavy atom. The highest BCUT2D eigenvalue weighted by Crippen LogP contribution is 2.24. The van der Waals surface area contributed by atoms with Crippen molar-refractivity contribution >= 4 is 22.3 Å². The maximum Gasteiger partial charge on any atom is 0.266 e. The Morgan fingerprint density at radius 2 is 1.56 bits per heavy atom. The quantitative estimate of drug-likeness (QED) is 0.553. The molecule has 0 unspecified atom stereocenters. The molecule has 0 saturated carbocycles. The fourth-order valence-electron chi connectivity index (χ4n) is 2.89. The van der Waals surface area contributed by atoms with Gasteiger partial charge in [-0.1, -0.05) is 30.3 Å². The van der Waals surface area contributed by atoms with E-state index in [0.29, 0.717) is 28.1 Å². The van der Waals surface area contributed by atoms with Gasteiger partial charge in [0.15, 0.2) is 0 Å². The van der Waals surface area contributed by atoms with Crippen LogP contribution in [0.2, 0.25) is 0 Å². The molecule has 5 heteroatoms. The number of rotatable bonds is 2. The topological polar surface area (TPSA) is 86.9 Å². The number of fused-ring (bicyclic) bond motifs is 1. The van der Waals surface area contributed by atoms with E-state index in [9.17, 15) is 4.79 Å². The number of benzene rings is 3. The van der Waals surface area contributed by atoms with E-state index in [1.165, 1.54) is 0 Å². The molecule has 25 heavy (non-hydrogen) atoms. The summed E-state index contributed by atoms with van der Waals surface area (Å²) in [5.41, 5.74) is 14.9. The molecule has 0 radical (unpaired) electrons. The second-order valence-electron chi connectivity index (χ2n) is 5.81. The number of nitrogen functional groups attached to an aromatic ring is 2. The Balaban J connectivity index is 2.14. The summed E-state index contributed by atoms with van der Waals surface area (Å²) in [7, 11) is 0. The minimum Gasteiger partial charge on any atom is -0.399 e. The summed E-state index contributed by atoms with van der Waals surface area (Å²) in [4.78, 5) is 17.9. The van der Waals surface area contributed by atoms with Gasteiger partial charge in [0, 0.05) is 16.9 Å². The van der Waals surface area contributed by atoms with Crippen molar-refractivity contribution in [3.8, 4) is 17.1 Å². The third-order valence-electron chi connectivity index (χ3n) is 4.05. The zero-order valence-electron chi connectivity index (χ0n) is 13.4. The smallest absolute Gasteiger partial charge is 0.266 e. The van der Waals surface area contributed by atoms with Crippen LogP contribution in [0.4, 0.5) is 11.4 Å². The van der Waals surface area contributed by atoms with Gasteiger partial charge < -0.3 is 11.5 Å². The molecule has 4 N–H and O–H groups in total. The maximum absolute atomic E-state index is 13.2. The first kappa shape index (κ1) is 15.0. The van der Waals surface area contributed by atoms with E-state index in [-0.39, 0.29) is 5.56 Å². The van der Waals surface area contributed by atoms with Crippen LogP contribution in [0, 0.1) is 0 Å². The number of aromatic nitrogens is 2. The van der Waals surface area contributed by atoms with Gasteiger partial charge in [-0.05, 0) is 42.5 Å². The van der Waals surface area contributed by atoms with Crippen molar-refractivity contribution in [3.05, 3.63) is 83.2 Å². The molecule has 5 nitrogen and oxygen atoms in total. The highest BCUT2D eigenvalue weighted by atomic mass is 16.1. The molecule has 4 rings (SSSR count). The van der Waals surface area contributed by atoms with Crippen molar-refractivity contribution in [2.75, 3.05) is 11.5 Å². The normalized spacial score (nSPS) is 10.9. The molecule has 0 saturated heterocycles. The van der Waals surface area contributed by atoms with E-state index in [1.54, 1.807) is 34.9 Å². The van der Waals surface area contributed by atoms with Crippen molar-refractivity contribution in [1.29, 1.82) is 0 Å². The van der Waals surface area contributed by atoms with Crippen LogP contribution in [0.1, 0.15) is 0 Å². The summed E-state index contributed by atoms with van der Waals surface area (Å²) in [6.45, 7) is 0. The first-order valence-corrected chi connectivity index (χ1v) is 7.87. The molecule has 0 fully saturated rings. The third kappa shape index (κ3) is 2.61. The van der Waals surface area contributed by atoms with Gasteiger partial charge in [-0.2, -0.15) is 0 Å². The second kappa shape index (κ2) is 5.79. The highest BCUT2D eigenvalue weighted by Gasteiger charge is 2.14. The van der Waals surface area contributed by atoms with E-state index in [2.05, 4.69) is 0 Å². The molecular weight excluding hydrogens is 312 g/mol. The lowest BCUT2D eigenvalue weighted by Crippen LogP contribution is -2.22. The Kier molecular flexibility index (Phi) is 3.47. The number of nitrogens with two attached hydrogens (primary N) is 2. The van der Waals surface area contributed by atoms with E-state index < -0.39 is 0 Å². The molecule has 122 valence electrons. The van der Waals surface area contributed by atoms with Crippen molar-refractivity contribution in [2.24, 2.45) is 0 Å². The first-order chi connectivity index (χ1) is 12.1. The molecule has 3 aromatic carbocycles. The molecule has 1 heterocycles. The average molecular weight is 328 g/mol. The minimum atomic E-state index is -0.145. The summed E-state index contributed by atoms with van der Waals surface area (Å²) < 4.78 is 1.60. The number of para-hydroxylation sites is 1. The van der Waals surface area contributed by atoms with Crippen LogP contribution in [0.25, 0.3) is 28.0 Å². The lowest BCUT2D eigenvalue weighted by molar-refractivity contribution is 0.976. The fourth-order valence-corrected chi connectivity index (χ4v) is 2.89. The molecule has 4 aromatic rings. The van der Waals surface area contributed by atoms with Crippen LogP contribution >= 0.6 is 0 Å². The number of nitrogens with zero attached hydrogens (tertiary/aromatic N) is 2. The summed E-state index contributed by atoms with van der Waals surface area (Å²) in [6.07, 6.45) is 0. The number of anilines is 2. The Bertz CT molecular complexity index is 1130.